The highest BCUT2D eigenvalue weighted by Crippen LogP contribution is 2.39. The molecule has 5 nitrogen and oxygen atoms in total. The number of hydrogen-bond acceptors (Lipinski definition) is 3. The van der Waals surface area contributed by atoms with Crippen molar-refractivity contribution < 1.29 is 9.59 Å². The Morgan fingerprint density at radius 2 is 2.00 bits per heavy atom. The summed E-state index contributed by atoms with van der Waals surface area (Å²) in [6.07, 6.45) is 6.07. The molecule has 21 heavy (non-hydrogen) atoms. The molecule has 3 N–H and O–H groups in total. The van der Waals surface area contributed by atoms with Crippen molar-refractivity contribution >= 4 is 11.8 Å². The van der Waals surface area contributed by atoms with Gasteiger partial charge in [-0.2, -0.15) is 0 Å². The zero-order valence-electron chi connectivity index (χ0n) is 12.9. The first-order valence-electron chi connectivity index (χ1n) is 8.42. The molecule has 1 saturated heterocycles. The number of carbonyl (C=O) groups excluding carboxylic acids is 2. The number of fused-ring (bicyclic) bond motifs is 2. The molecule has 0 aromatic rings. The molecular weight excluding hydrogens is 266 g/mol. The van der Waals surface area contributed by atoms with Crippen LogP contribution < -0.4 is 11.1 Å². The van der Waals surface area contributed by atoms with Crippen LogP contribution in [-0.2, 0) is 9.59 Å². The van der Waals surface area contributed by atoms with Crippen molar-refractivity contribution in [2.75, 3.05) is 13.1 Å². The maximum Gasteiger partial charge on any atom is 0.225 e. The molecule has 1 aliphatic heterocycles. The number of carbonyl (C=O) groups is 2. The fourth-order valence-corrected chi connectivity index (χ4v) is 4.56. The third-order valence-electron chi connectivity index (χ3n) is 5.65. The Balaban J connectivity index is 1.61. The van der Waals surface area contributed by atoms with Crippen LogP contribution >= 0.6 is 0 Å². The van der Waals surface area contributed by atoms with Gasteiger partial charge < -0.3 is 16.0 Å². The smallest absolute Gasteiger partial charge is 0.225 e. The lowest BCUT2D eigenvalue weighted by atomic mass is 9.67. The van der Waals surface area contributed by atoms with E-state index < -0.39 is 0 Å². The standard InChI is InChI=1S/C16H27N3O2/c1-2-19-9-12(8-14(19)20)16(21)18-15-10-4-3-5-11(15)7-13(17)6-10/h10-13,15H,2-9,17H2,1H3,(H,18,21). The molecule has 3 unspecified atom stereocenters. The predicted octanol–water partition coefficient (Wildman–Crippen LogP) is 0.877. The lowest BCUT2D eigenvalue weighted by Gasteiger charge is -2.45. The second-order valence-electron chi connectivity index (χ2n) is 7.05. The molecule has 2 amide bonds. The summed E-state index contributed by atoms with van der Waals surface area (Å²) in [6, 6.07) is 0.592. The van der Waals surface area contributed by atoms with E-state index in [9.17, 15) is 9.59 Å². The molecule has 3 atom stereocenters. The van der Waals surface area contributed by atoms with Crippen LogP contribution in [0.4, 0.5) is 0 Å². The van der Waals surface area contributed by atoms with Gasteiger partial charge in [-0.3, -0.25) is 9.59 Å². The highest BCUT2D eigenvalue weighted by molar-refractivity contribution is 5.89. The third-order valence-corrected chi connectivity index (χ3v) is 5.65. The van der Waals surface area contributed by atoms with Crippen molar-refractivity contribution in [2.24, 2.45) is 23.5 Å². The summed E-state index contributed by atoms with van der Waals surface area (Å²) in [7, 11) is 0. The minimum absolute atomic E-state index is 0.0803. The van der Waals surface area contributed by atoms with E-state index in [1.807, 2.05) is 6.92 Å². The second kappa shape index (κ2) is 5.95. The van der Waals surface area contributed by atoms with E-state index in [1.54, 1.807) is 4.90 Å². The van der Waals surface area contributed by atoms with Crippen LogP contribution in [0.15, 0.2) is 0 Å². The Hall–Kier alpha value is -1.10. The molecule has 5 heteroatoms. The lowest BCUT2D eigenvalue weighted by Crippen LogP contribution is -2.54. The summed E-state index contributed by atoms with van der Waals surface area (Å²) >= 11 is 0. The Morgan fingerprint density at radius 3 is 2.57 bits per heavy atom. The molecule has 0 radical (unpaired) electrons. The van der Waals surface area contributed by atoms with Crippen LogP contribution in [-0.4, -0.2) is 41.9 Å². The maximum absolute atomic E-state index is 12.5. The van der Waals surface area contributed by atoms with Crippen molar-refractivity contribution in [1.29, 1.82) is 0 Å². The van der Waals surface area contributed by atoms with Gasteiger partial charge in [-0.15, -0.1) is 0 Å². The molecule has 0 spiro atoms. The highest BCUT2D eigenvalue weighted by atomic mass is 16.2. The van der Waals surface area contributed by atoms with Crippen molar-refractivity contribution in [3.05, 3.63) is 0 Å². The fourth-order valence-electron chi connectivity index (χ4n) is 4.56. The van der Waals surface area contributed by atoms with E-state index in [4.69, 9.17) is 5.73 Å². The molecule has 0 aromatic carbocycles. The number of nitrogens with one attached hydrogen (secondary N) is 1. The Bertz CT molecular complexity index is 412. The van der Waals surface area contributed by atoms with Crippen molar-refractivity contribution in [2.45, 2.75) is 57.5 Å². The molecule has 2 aliphatic carbocycles. The van der Waals surface area contributed by atoms with Crippen molar-refractivity contribution in [3.8, 4) is 0 Å². The van der Waals surface area contributed by atoms with Gasteiger partial charge in [-0.05, 0) is 44.4 Å². The van der Waals surface area contributed by atoms with Gasteiger partial charge in [0.1, 0.15) is 0 Å². The van der Waals surface area contributed by atoms with Crippen molar-refractivity contribution in [1.82, 2.24) is 10.2 Å². The number of nitrogens with two attached hydrogens (primary N) is 1. The SMILES string of the molecule is CCN1CC(C(=O)NC2C3CCCC2CC(N)C3)CC1=O. The van der Waals surface area contributed by atoms with E-state index in [1.165, 1.54) is 19.3 Å². The highest BCUT2D eigenvalue weighted by Gasteiger charge is 2.42. The van der Waals surface area contributed by atoms with Crippen LogP contribution in [0.2, 0.25) is 0 Å². The molecule has 2 bridgehead atoms. The number of rotatable bonds is 3. The minimum atomic E-state index is -0.159. The molecule has 3 fully saturated rings. The normalized spacial score (nSPS) is 39.4. The van der Waals surface area contributed by atoms with Crippen LogP contribution in [0, 0.1) is 17.8 Å². The van der Waals surface area contributed by atoms with Crippen LogP contribution in [0.5, 0.6) is 0 Å². The van der Waals surface area contributed by atoms with Gasteiger partial charge in [0.15, 0.2) is 0 Å². The zero-order chi connectivity index (χ0) is 15.0. The summed E-state index contributed by atoms with van der Waals surface area (Å²) in [4.78, 5) is 26.1. The fraction of sp³-hybridized carbons (Fsp3) is 0.875. The van der Waals surface area contributed by atoms with E-state index in [-0.39, 0.29) is 23.8 Å². The maximum atomic E-state index is 12.5. The molecule has 3 aliphatic rings. The number of likely N-dealkylation sites (tertiary alicyclic amines) is 1. The predicted molar refractivity (Wildman–Crippen MR) is 80.3 cm³/mol. The first kappa shape index (κ1) is 14.8. The molecular formula is C16H27N3O2. The molecule has 0 aromatic heterocycles. The quantitative estimate of drug-likeness (QED) is 0.811. The Morgan fingerprint density at radius 1 is 1.33 bits per heavy atom. The molecule has 3 rings (SSSR count). The average molecular weight is 293 g/mol. The molecule has 2 saturated carbocycles. The molecule has 118 valence electrons. The monoisotopic (exact) mass is 293 g/mol. The summed E-state index contributed by atoms with van der Waals surface area (Å²) in [6.45, 7) is 3.25. The number of amides is 2. The summed E-state index contributed by atoms with van der Waals surface area (Å²) in [5.41, 5.74) is 6.13. The van der Waals surface area contributed by atoms with Crippen LogP contribution in [0.1, 0.15) is 45.4 Å². The van der Waals surface area contributed by atoms with Gasteiger partial charge in [-0.1, -0.05) is 6.42 Å². The first-order valence-corrected chi connectivity index (χ1v) is 8.42. The van der Waals surface area contributed by atoms with Gasteiger partial charge >= 0.3 is 0 Å². The largest absolute Gasteiger partial charge is 0.353 e. The lowest BCUT2D eigenvalue weighted by molar-refractivity contribution is -0.129. The van der Waals surface area contributed by atoms with E-state index in [2.05, 4.69) is 5.32 Å². The van der Waals surface area contributed by atoms with E-state index in [0.29, 0.717) is 37.4 Å². The average Bonchev–Trinajstić information content (AvgIpc) is 2.81. The minimum Gasteiger partial charge on any atom is -0.353 e. The number of nitrogens with zero attached hydrogens (tertiary/aromatic N) is 1. The van der Waals surface area contributed by atoms with E-state index >= 15 is 0 Å². The van der Waals surface area contributed by atoms with Crippen LogP contribution in [0.3, 0.4) is 0 Å². The third kappa shape index (κ3) is 2.93. The summed E-state index contributed by atoms with van der Waals surface area (Å²) in [5.74, 6) is 1.11. The zero-order valence-corrected chi connectivity index (χ0v) is 12.9. The Kier molecular flexibility index (Phi) is 4.20. The summed E-state index contributed by atoms with van der Waals surface area (Å²) in [5, 5.41) is 3.28. The topological polar surface area (TPSA) is 75.4 Å². The van der Waals surface area contributed by atoms with Gasteiger partial charge in [0.05, 0.1) is 5.92 Å². The number of hydrogen-bond donors (Lipinski definition) is 2. The summed E-state index contributed by atoms with van der Waals surface area (Å²) < 4.78 is 0. The molecule has 1 heterocycles. The van der Waals surface area contributed by atoms with E-state index in [0.717, 1.165) is 12.8 Å². The van der Waals surface area contributed by atoms with Crippen LogP contribution in [0.25, 0.3) is 0 Å². The second-order valence-corrected chi connectivity index (χ2v) is 7.05. The van der Waals surface area contributed by atoms with Gasteiger partial charge in [0.25, 0.3) is 0 Å². The van der Waals surface area contributed by atoms with Gasteiger partial charge in [0.2, 0.25) is 11.8 Å². The Labute approximate surface area is 126 Å². The first-order chi connectivity index (χ1) is 10.1. The van der Waals surface area contributed by atoms with Gasteiger partial charge in [0, 0.05) is 31.6 Å². The van der Waals surface area contributed by atoms with Crippen molar-refractivity contribution in [3.63, 3.8) is 0 Å². The van der Waals surface area contributed by atoms with Gasteiger partial charge in [-0.25, -0.2) is 0 Å².